The zero-order valence-corrected chi connectivity index (χ0v) is 26.2. The third kappa shape index (κ3) is 6.70. The molecular weight excluding hydrogens is 660 g/mol. The number of nitrogens with zero attached hydrogens (tertiary/aromatic N) is 1. The average molecular weight is 679 g/mol. The Morgan fingerprint density at radius 2 is 1.62 bits per heavy atom. The highest BCUT2D eigenvalue weighted by Crippen LogP contribution is 2.42. The second-order valence-corrected chi connectivity index (χ2v) is 12.3. The van der Waals surface area contributed by atoms with Gasteiger partial charge in [0.15, 0.2) is 0 Å². The molecule has 1 aromatic heterocycles. The molecule has 0 saturated carbocycles. The molecule has 1 heterocycles. The van der Waals surface area contributed by atoms with Gasteiger partial charge in [-0.2, -0.15) is 5.26 Å². The molecule has 1 atom stereocenters. The van der Waals surface area contributed by atoms with E-state index in [-0.39, 0.29) is 21.0 Å². The number of anilines is 2. The van der Waals surface area contributed by atoms with Crippen molar-refractivity contribution in [2.24, 2.45) is 0 Å². The highest BCUT2D eigenvalue weighted by molar-refractivity contribution is 8.00. The van der Waals surface area contributed by atoms with Crippen LogP contribution in [0.25, 0.3) is 11.1 Å². The summed E-state index contributed by atoms with van der Waals surface area (Å²) in [6.45, 7) is 1.86. The van der Waals surface area contributed by atoms with Crippen LogP contribution in [0.2, 0.25) is 20.1 Å². The number of hydrogen-bond acceptors (Lipinski definition) is 6. The van der Waals surface area contributed by atoms with E-state index in [4.69, 9.17) is 46.4 Å². The molecule has 0 radical (unpaired) electrons. The van der Waals surface area contributed by atoms with Crippen molar-refractivity contribution in [2.45, 2.75) is 23.5 Å². The van der Waals surface area contributed by atoms with Crippen LogP contribution in [-0.4, -0.2) is 28.1 Å². The summed E-state index contributed by atoms with van der Waals surface area (Å²) in [5.74, 6) is -2.65. The van der Waals surface area contributed by atoms with Crippen LogP contribution in [0.3, 0.4) is 0 Å². The molecule has 2 amide bonds. The largest absolute Gasteiger partial charge is 0.478 e. The summed E-state index contributed by atoms with van der Waals surface area (Å²) >= 11 is 26.9. The third-order valence-electron chi connectivity index (χ3n) is 5.97. The molecule has 0 aliphatic carbocycles. The Balaban J connectivity index is 1.52. The number of thioether (sulfide) groups is 1. The Morgan fingerprint density at radius 1 is 0.952 bits per heavy atom. The van der Waals surface area contributed by atoms with E-state index >= 15 is 0 Å². The standard InChI is InChI=1S/C29H19Cl4N3O4S2/c1-2-19(26(37)36-28-17(12-34)18(13-41-28)14-7-4-3-5-8-14)42-16-10-6-9-15(11-16)35-27(38)20-21(29(39)40)23(31)25(33)24(32)22(20)30/h3-11,13,19H,2H2,1H3,(H,35,38)(H,36,37)(H,39,40). The van der Waals surface area contributed by atoms with Gasteiger partial charge >= 0.3 is 5.97 Å². The predicted octanol–water partition coefficient (Wildman–Crippen LogP) is 9.36. The van der Waals surface area contributed by atoms with Crippen LogP contribution < -0.4 is 10.6 Å². The maximum absolute atomic E-state index is 13.2. The van der Waals surface area contributed by atoms with Gasteiger partial charge in [0.2, 0.25) is 5.91 Å². The predicted molar refractivity (Wildman–Crippen MR) is 171 cm³/mol. The summed E-state index contributed by atoms with van der Waals surface area (Å²) in [5.41, 5.74) is 1.32. The summed E-state index contributed by atoms with van der Waals surface area (Å²) in [7, 11) is 0. The van der Waals surface area contributed by atoms with Gasteiger partial charge in [0.05, 0.1) is 42.0 Å². The molecule has 4 aromatic rings. The van der Waals surface area contributed by atoms with Crippen molar-refractivity contribution in [3.63, 3.8) is 0 Å². The number of thiophene rings is 1. The molecule has 4 rings (SSSR count). The Bertz CT molecular complexity index is 1740. The highest BCUT2D eigenvalue weighted by Gasteiger charge is 2.29. The zero-order valence-electron chi connectivity index (χ0n) is 21.5. The maximum Gasteiger partial charge on any atom is 0.338 e. The van der Waals surface area contributed by atoms with Crippen molar-refractivity contribution in [2.75, 3.05) is 10.6 Å². The molecule has 42 heavy (non-hydrogen) atoms. The minimum Gasteiger partial charge on any atom is -0.478 e. The first-order chi connectivity index (χ1) is 20.1. The van der Waals surface area contributed by atoms with Crippen LogP contribution >= 0.6 is 69.5 Å². The van der Waals surface area contributed by atoms with E-state index < -0.39 is 33.3 Å². The lowest BCUT2D eigenvalue weighted by Crippen LogP contribution is -2.24. The number of nitrogens with one attached hydrogen (secondary N) is 2. The lowest BCUT2D eigenvalue weighted by Gasteiger charge is -2.16. The van der Waals surface area contributed by atoms with E-state index in [1.807, 2.05) is 42.6 Å². The number of carboxylic acid groups (broad SMARTS) is 1. The molecule has 0 aliphatic heterocycles. The molecule has 0 bridgehead atoms. The number of amides is 2. The van der Waals surface area contributed by atoms with E-state index in [2.05, 4.69) is 16.7 Å². The van der Waals surface area contributed by atoms with Crippen molar-refractivity contribution >= 4 is 98.0 Å². The molecule has 1 unspecified atom stereocenters. The van der Waals surface area contributed by atoms with Gasteiger partial charge in [-0.15, -0.1) is 23.1 Å². The number of hydrogen-bond donors (Lipinski definition) is 3. The average Bonchev–Trinajstić information content (AvgIpc) is 3.39. The third-order valence-corrected chi connectivity index (χ3v) is 10.0. The number of carbonyl (C=O) groups is 3. The number of rotatable bonds is 9. The topological polar surface area (TPSA) is 119 Å². The molecule has 0 spiro atoms. The number of nitriles is 1. The Hall–Kier alpha value is -3.23. The van der Waals surface area contributed by atoms with Crippen molar-refractivity contribution in [1.82, 2.24) is 0 Å². The van der Waals surface area contributed by atoms with Gasteiger partial charge in [-0.1, -0.05) is 89.7 Å². The summed E-state index contributed by atoms with van der Waals surface area (Å²) < 4.78 is 0. The van der Waals surface area contributed by atoms with Gasteiger partial charge in [-0.3, -0.25) is 9.59 Å². The summed E-state index contributed by atoms with van der Waals surface area (Å²) in [6.07, 6.45) is 0.477. The molecule has 13 heteroatoms. The Labute approximate surface area is 269 Å². The van der Waals surface area contributed by atoms with Crippen molar-refractivity contribution in [3.05, 3.63) is 96.8 Å². The van der Waals surface area contributed by atoms with Gasteiger partial charge in [0, 0.05) is 21.5 Å². The molecule has 0 fully saturated rings. The first kappa shape index (κ1) is 31.7. The van der Waals surface area contributed by atoms with Crippen LogP contribution in [0.5, 0.6) is 0 Å². The van der Waals surface area contributed by atoms with E-state index in [1.165, 1.54) is 23.1 Å². The van der Waals surface area contributed by atoms with Gasteiger partial charge in [-0.25, -0.2) is 4.79 Å². The number of aromatic carboxylic acids is 1. The van der Waals surface area contributed by atoms with E-state index in [9.17, 15) is 24.8 Å². The van der Waals surface area contributed by atoms with Crippen LogP contribution in [0.1, 0.15) is 39.6 Å². The Morgan fingerprint density at radius 3 is 2.24 bits per heavy atom. The number of benzene rings is 3. The molecule has 3 N–H and O–H groups in total. The lowest BCUT2D eigenvalue weighted by molar-refractivity contribution is -0.115. The molecule has 3 aromatic carbocycles. The monoisotopic (exact) mass is 677 g/mol. The number of halogens is 4. The fourth-order valence-electron chi connectivity index (χ4n) is 3.96. The number of carbonyl (C=O) groups excluding carboxylic acids is 2. The SMILES string of the molecule is CCC(Sc1cccc(NC(=O)c2c(Cl)c(Cl)c(Cl)c(Cl)c2C(=O)O)c1)C(=O)Nc1scc(-c2ccccc2)c1C#N. The van der Waals surface area contributed by atoms with Crippen LogP contribution in [-0.2, 0) is 4.79 Å². The van der Waals surface area contributed by atoms with Gasteiger partial charge < -0.3 is 15.7 Å². The van der Waals surface area contributed by atoms with E-state index in [0.717, 1.165) is 11.1 Å². The normalized spacial score (nSPS) is 11.4. The molecule has 0 saturated heterocycles. The van der Waals surface area contributed by atoms with Gasteiger partial charge in [0.1, 0.15) is 11.1 Å². The van der Waals surface area contributed by atoms with Gasteiger partial charge in [-0.05, 0) is 30.2 Å². The summed E-state index contributed by atoms with van der Waals surface area (Å²) in [5, 5.41) is 25.4. The van der Waals surface area contributed by atoms with Crippen LogP contribution in [0, 0.1) is 11.3 Å². The number of carboxylic acids is 1. The van der Waals surface area contributed by atoms with Crippen molar-refractivity contribution < 1.29 is 19.5 Å². The Kier molecular flexibility index (Phi) is 10.4. The fraction of sp³-hybridized carbons (Fsp3) is 0.103. The quantitative estimate of drug-likeness (QED) is 0.0922. The smallest absolute Gasteiger partial charge is 0.338 e. The lowest BCUT2D eigenvalue weighted by atomic mass is 10.1. The molecule has 0 aliphatic rings. The second kappa shape index (κ2) is 13.8. The molecular formula is C29H19Cl4N3O4S2. The second-order valence-electron chi connectivity index (χ2n) is 8.63. The minimum absolute atomic E-state index is 0.249. The van der Waals surface area contributed by atoms with Crippen LogP contribution in [0.15, 0.2) is 64.9 Å². The van der Waals surface area contributed by atoms with Crippen LogP contribution in [0.4, 0.5) is 10.7 Å². The molecule has 214 valence electrons. The maximum atomic E-state index is 13.2. The summed E-state index contributed by atoms with van der Waals surface area (Å²) in [4.78, 5) is 38.9. The first-order valence-electron chi connectivity index (χ1n) is 12.1. The zero-order chi connectivity index (χ0) is 30.6. The molecule has 7 nitrogen and oxygen atoms in total. The van der Waals surface area contributed by atoms with E-state index in [1.54, 1.807) is 24.3 Å². The highest BCUT2D eigenvalue weighted by atomic mass is 35.5. The fourth-order valence-corrected chi connectivity index (χ4v) is 6.91. The van der Waals surface area contributed by atoms with Crippen molar-refractivity contribution in [3.8, 4) is 17.2 Å². The van der Waals surface area contributed by atoms with Gasteiger partial charge in [0.25, 0.3) is 5.91 Å². The van der Waals surface area contributed by atoms with Crippen molar-refractivity contribution in [1.29, 1.82) is 5.26 Å². The minimum atomic E-state index is -1.51. The first-order valence-corrected chi connectivity index (χ1v) is 15.4. The van der Waals surface area contributed by atoms with E-state index in [0.29, 0.717) is 27.6 Å². The summed E-state index contributed by atoms with van der Waals surface area (Å²) in [6, 6.07) is 18.3.